The maximum absolute atomic E-state index is 15.7. The molecule has 0 aliphatic carbocycles. The number of hydrogen-bond donors (Lipinski definition) is 3. The highest BCUT2D eigenvalue weighted by Gasteiger charge is 2.32. The van der Waals surface area contributed by atoms with Gasteiger partial charge in [-0.25, -0.2) is 12.8 Å². The van der Waals surface area contributed by atoms with E-state index in [4.69, 9.17) is 21.0 Å². The predicted octanol–water partition coefficient (Wildman–Crippen LogP) is 10.3. The third-order valence-corrected chi connectivity index (χ3v) is 16.6. The largest absolute Gasteiger partial charge is 0.380 e. The van der Waals surface area contributed by atoms with Crippen LogP contribution in [-0.4, -0.2) is 105 Å². The highest BCUT2D eigenvalue weighted by atomic mass is 35.5. The van der Waals surface area contributed by atoms with Crippen molar-refractivity contribution in [2.24, 2.45) is 0 Å². The minimum absolute atomic E-state index is 0.104. The molecule has 3 N–H and O–H groups in total. The lowest BCUT2D eigenvalue weighted by atomic mass is 9.99. The number of benzene rings is 5. The summed E-state index contributed by atoms with van der Waals surface area (Å²) in [5, 5.41) is 16.0. The van der Waals surface area contributed by atoms with Crippen LogP contribution in [0.25, 0.3) is 22.4 Å². The number of nitrogens with zero attached hydrogens (tertiary/aromatic N) is 5. The number of anilines is 4. The molecule has 6 aromatic rings. The molecule has 0 saturated carbocycles. The van der Waals surface area contributed by atoms with Crippen molar-refractivity contribution in [2.75, 3.05) is 91.6 Å². The normalized spacial score (nSPS) is 15.9. The van der Waals surface area contributed by atoms with Gasteiger partial charge in [0.15, 0.2) is 9.84 Å². The molecular formula is C51H58ClFN7O8PS2. The van der Waals surface area contributed by atoms with Crippen LogP contribution in [-0.2, 0) is 23.8 Å². The van der Waals surface area contributed by atoms with Gasteiger partial charge in [0.2, 0.25) is 0 Å². The SMILES string of the molecule is Cc1c(S(C)(=O)=O)c(-c2cc(F)cc(N3CCN(c4ccc(NOP(=O)(O)c5ccc(NC(CCN6CCOCC6)CSc6ccccc6)c([N+](=O)[O-])c5)cc4)CC3)c2)c(-c2ccc(Cl)cc2)n1C(C)C. The lowest BCUT2D eigenvalue weighted by molar-refractivity contribution is -0.383. The van der Waals surface area contributed by atoms with Crippen molar-refractivity contribution in [3.05, 3.63) is 142 Å². The van der Waals surface area contributed by atoms with Crippen molar-refractivity contribution < 1.29 is 36.6 Å². The second kappa shape index (κ2) is 22.6. The van der Waals surface area contributed by atoms with Gasteiger partial charge in [0.25, 0.3) is 5.69 Å². The first-order valence-electron chi connectivity index (χ1n) is 23.4. The zero-order chi connectivity index (χ0) is 50.5. The number of piperazine rings is 1. The summed E-state index contributed by atoms with van der Waals surface area (Å²) in [6.07, 6.45) is 1.90. The lowest BCUT2D eigenvalue weighted by Gasteiger charge is -2.37. The van der Waals surface area contributed by atoms with Crippen molar-refractivity contribution in [1.82, 2.24) is 9.47 Å². The van der Waals surface area contributed by atoms with Crippen LogP contribution in [0, 0.1) is 22.9 Å². The second-order valence-electron chi connectivity index (χ2n) is 18.0. The molecule has 2 unspecified atom stereocenters. The van der Waals surface area contributed by atoms with Crippen LogP contribution >= 0.6 is 31.0 Å². The first kappa shape index (κ1) is 51.9. The topological polar surface area (TPSA) is 172 Å². The summed E-state index contributed by atoms with van der Waals surface area (Å²) in [6.45, 7) is 11.7. The summed E-state index contributed by atoms with van der Waals surface area (Å²) in [5.74, 6) is 0.151. The van der Waals surface area contributed by atoms with Crippen LogP contribution in [0.2, 0.25) is 5.02 Å². The highest BCUT2D eigenvalue weighted by Crippen LogP contribution is 2.45. The summed E-state index contributed by atoms with van der Waals surface area (Å²) < 4.78 is 69.1. The second-order valence-corrected chi connectivity index (χ2v) is 23.2. The van der Waals surface area contributed by atoms with Crippen molar-refractivity contribution in [3.8, 4) is 22.4 Å². The standard InChI is InChI=1S/C51H58ClFN7O8PS2/c1-35(2)59-36(3)51(71(4,65)66)49(50(59)37-10-12-39(52)13-11-37)38-30-40(53)32-44(31-38)58-24-22-57(23-25-58)43-16-14-41(15-17-43)55-68-69(63,64)45-18-19-47(48(33-45)60(61)62)54-42(20-21-56-26-28-67-29-27-56)34-70-46-8-6-5-7-9-46/h5-19,30-33,35,42,54-55H,20-29,34H2,1-4H3,(H,63,64). The maximum Gasteiger partial charge on any atom is 0.380 e. The zero-order valence-corrected chi connectivity index (χ0v) is 43.2. The Labute approximate surface area is 423 Å². The van der Waals surface area contributed by atoms with Gasteiger partial charge in [-0.05, 0) is 117 Å². The molecule has 0 bridgehead atoms. The fourth-order valence-corrected chi connectivity index (χ4v) is 12.5. The molecule has 0 spiro atoms. The molecule has 3 heterocycles. The molecule has 8 rings (SSSR count). The van der Waals surface area contributed by atoms with Gasteiger partial charge >= 0.3 is 7.60 Å². The minimum Gasteiger partial charge on any atom is -0.379 e. The van der Waals surface area contributed by atoms with E-state index in [1.54, 1.807) is 43.0 Å². The van der Waals surface area contributed by atoms with E-state index < -0.39 is 28.2 Å². The maximum atomic E-state index is 15.7. The Morgan fingerprint density at radius 3 is 2.18 bits per heavy atom. The van der Waals surface area contributed by atoms with Gasteiger partial charge < -0.3 is 29.3 Å². The number of nitro benzene ring substituents is 1. The quantitative estimate of drug-likeness (QED) is 0.0303. The number of thioether (sulfide) groups is 1. The molecular weight excluding hydrogens is 988 g/mol. The molecule has 1 aromatic heterocycles. The Bertz CT molecular complexity index is 2990. The predicted molar refractivity (Wildman–Crippen MR) is 283 cm³/mol. The number of morpholine rings is 1. The lowest BCUT2D eigenvalue weighted by Crippen LogP contribution is -2.46. The Kier molecular flexibility index (Phi) is 16.5. The van der Waals surface area contributed by atoms with E-state index in [2.05, 4.69) is 25.5 Å². The van der Waals surface area contributed by atoms with Gasteiger partial charge in [-0.3, -0.25) is 25.1 Å². The molecule has 15 nitrogen and oxygen atoms in total. The van der Waals surface area contributed by atoms with E-state index in [1.165, 1.54) is 30.5 Å². The molecule has 0 amide bonds. The molecule has 2 atom stereocenters. The van der Waals surface area contributed by atoms with E-state index in [-0.39, 0.29) is 33.7 Å². The van der Waals surface area contributed by atoms with Gasteiger partial charge in [0.1, 0.15) is 11.5 Å². The first-order chi connectivity index (χ1) is 33.9. The van der Waals surface area contributed by atoms with Crippen molar-refractivity contribution in [2.45, 2.75) is 49.1 Å². The molecule has 2 fully saturated rings. The van der Waals surface area contributed by atoms with Crippen molar-refractivity contribution in [1.29, 1.82) is 0 Å². The molecule has 0 radical (unpaired) electrons. The van der Waals surface area contributed by atoms with Crippen LogP contribution in [0.3, 0.4) is 0 Å². The minimum atomic E-state index is -4.60. The third-order valence-electron chi connectivity index (χ3n) is 12.7. The number of aromatic nitrogens is 1. The van der Waals surface area contributed by atoms with E-state index in [1.807, 2.05) is 79.1 Å². The average Bonchev–Trinajstić information content (AvgIpc) is 3.69. The number of ether oxygens (including phenoxy) is 1. The van der Waals surface area contributed by atoms with E-state index in [9.17, 15) is 28.0 Å². The molecule has 2 aliphatic heterocycles. The van der Waals surface area contributed by atoms with Crippen LogP contribution in [0.1, 0.15) is 32.0 Å². The smallest absolute Gasteiger partial charge is 0.379 e. The number of nitro groups is 1. The number of nitrogens with one attached hydrogen (secondary N) is 2. The Morgan fingerprint density at radius 1 is 0.887 bits per heavy atom. The van der Waals surface area contributed by atoms with Crippen LogP contribution < -0.4 is 25.9 Å². The van der Waals surface area contributed by atoms with Crippen LogP contribution in [0.5, 0.6) is 0 Å². The van der Waals surface area contributed by atoms with E-state index in [0.29, 0.717) is 90.5 Å². The summed E-state index contributed by atoms with van der Waals surface area (Å²) in [5.41, 5.74) is 7.23. The summed E-state index contributed by atoms with van der Waals surface area (Å²) in [7, 11) is -8.36. The number of hydrogen-bond acceptors (Lipinski definition) is 13. The number of halogens is 2. The van der Waals surface area contributed by atoms with Crippen LogP contribution in [0.15, 0.2) is 125 Å². The number of rotatable bonds is 19. The molecule has 5 aromatic carbocycles. The highest BCUT2D eigenvalue weighted by molar-refractivity contribution is 7.99. The zero-order valence-electron chi connectivity index (χ0n) is 40.0. The third kappa shape index (κ3) is 12.6. The first-order valence-corrected chi connectivity index (χ1v) is 28.2. The van der Waals surface area contributed by atoms with E-state index in [0.717, 1.165) is 41.8 Å². The van der Waals surface area contributed by atoms with Gasteiger partial charge in [-0.1, -0.05) is 41.9 Å². The Morgan fingerprint density at radius 2 is 1.55 bits per heavy atom. The van der Waals surface area contributed by atoms with Crippen molar-refractivity contribution in [3.63, 3.8) is 0 Å². The van der Waals surface area contributed by atoms with Gasteiger partial charge in [0, 0.05) is 109 Å². The molecule has 71 heavy (non-hydrogen) atoms. The Hall–Kier alpha value is -5.43. The fraction of sp³-hybridized carbons (Fsp3) is 0.333. The molecule has 2 aliphatic rings. The fourth-order valence-electron chi connectivity index (χ4n) is 9.24. The molecule has 20 heteroatoms. The summed E-state index contributed by atoms with van der Waals surface area (Å²) in [4.78, 5) is 30.6. The van der Waals surface area contributed by atoms with Crippen molar-refractivity contribution >= 4 is 74.5 Å². The Balaban J connectivity index is 0.920. The van der Waals surface area contributed by atoms with E-state index >= 15 is 4.39 Å². The average molecular weight is 1050 g/mol. The number of sulfone groups is 1. The van der Waals surface area contributed by atoms with Gasteiger partial charge in [-0.2, -0.15) is 4.62 Å². The monoisotopic (exact) mass is 1050 g/mol. The molecule has 376 valence electrons. The summed E-state index contributed by atoms with van der Waals surface area (Å²) >= 11 is 7.90. The van der Waals surface area contributed by atoms with Gasteiger partial charge in [-0.15, -0.1) is 11.8 Å². The summed E-state index contributed by atoms with van der Waals surface area (Å²) in [6, 6.07) is 32.6. The molecule has 2 saturated heterocycles. The van der Waals surface area contributed by atoms with Crippen LogP contribution in [0.4, 0.5) is 32.8 Å². The van der Waals surface area contributed by atoms with Gasteiger partial charge in [0.05, 0.1) is 39.7 Å².